The quantitative estimate of drug-likeness (QED) is 0.791. The van der Waals surface area contributed by atoms with Crippen LogP contribution in [0.25, 0.3) is 0 Å². The Morgan fingerprint density at radius 3 is 2.58 bits per heavy atom. The lowest BCUT2D eigenvalue weighted by Gasteiger charge is -2.14. The molecule has 2 aromatic rings. The van der Waals surface area contributed by atoms with E-state index in [2.05, 4.69) is 10.6 Å². The first-order valence-corrected chi connectivity index (χ1v) is 8.79. The Morgan fingerprint density at radius 2 is 1.85 bits per heavy atom. The summed E-state index contributed by atoms with van der Waals surface area (Å²) in [7, 11) is 1.52. The number of methoxy groups -OCH3 is 1. The highest BCUT2D eigenvalue weighted by Gasteiger charge is 2.15. The van der Waals surface area contributed by atoms with Crippen LogP contribution in [-0.4, -0.2) is 32.8 Å². The molecule has 0 fully saturated rings. The van der Waals surface area contributed by atoms with Crippen LogP contribution in [0.4, 0.5) is 11.4 Å². The first-order chi connectivity index (χ1) is 12.6. The molecule has 1 amide bonds. The number of benzene rings is 2. The van der Waals surface area contributed by atoms with Crippen LogP contribution in [0.3, 0.4) is 0 Å². The molecule has 0 spiro atoms. The van der Waals surface area contributed by atoms with Gasteiger partial charge in [-0.05, 0) is 18.2 Å². The summed E-state index contributed by atoms with van der Waals surface area (Å²) in [5.74, 6) is 1.46. The molecular formula is C18H18Cl2N2O4. The van der Waals surface area contributed by atoms with Crippen molar-refractivity contribution < 1.29 is 19.0 Å². The smallest absolute Gasteiger partial charge is 0.243 e. The van der Waals surface area contributed by atoms with E-state index in [1.807, 2.05) is 0 Å². The fourth-order valence-corrected chi connectivity index (χ4v) is 2.86. The fraction of sp³-hybridized carbons (Fsp3) is 0.278. The summed E-state index contributed by atoms with van der Waals surface area (Å²) in [6.45, 7) is 1.16. The van der Waals surface area contributed by atoms with E-state index in [0.29, 0.717) is 51.9 Å². The van der Waals surface area contributed by atoms with Gasteiger partial charge in [-0.1, -0.05) is 23.2 Å². The standard InChI is InChI=1S/C18H18Cl2N2O4/c1-24-15-4-3-11(19)7-14(15)22-18(23)10-21-13-9-17-16(8-12(13)20)25-5-2-6-26-17/h3-4,7-9,21H,2,5-6,10H2,1H3,(H,22,23). The largest absolute Gasteiger partial charge is 0.495 e. The molecule has 2 N–H and O–H groups in total. The Kier molecular flexibility index (Phi) is 5.96. The van der Waals surface area contributed by atoms with Crippen molar-refractivity contribution in [2.24, 2.45) is 0 Å². The Morgan fingerprint density at radius 1 is 1.12 bits per heavy atom. The number of hydrogen-bond donors (Lipinski definition) is 2. The molecule has 0 unspecified atom stereocenters. The lowest BCUT2D eigenvalue weighted by molar-refractivity contribution is -0.114. The number of carbonyl (C=O) groups excluding carboxylic acids is 1. The Labute approximate surface area is 161 Å². The van der Waals surface area contributed by atoms with Crippen LogP contribution in [0.1, 0.15) is 6.42 Å². The lowest BCUT2D eigenvalue weighted by atomic mass is 10.2. The van der Waals surface area contributed by atoms with E-state index in [-0.39, 0.29) is 12.5 Å². The number of amides is 1. The van der Waals surface area contributed by atoms with Crippen molar-refractivity contribution in [3.8, 4) is 17.2 Å². The Hall–Kier alpha value is -2.31. The molecule has 0 saturated heterocycles. The molecule has 0 bridgehead atoms. The van der Waals surface area contributed by atoms with E-state index in [1.165, 1.54) is 7.11 Å². The molecule has 8 heteroatoms. The van der Waals surface area contributed by atoms with Gasteiger partial charge in [0.05, 0.1) is 43.3 Å². The van der Waals surface area contributed by atoms with Gasteiger partial charge in [0.25, 0.3) is 0 Å². The van der Waals surface area contributed by atoms with Crippen molar-refractivity contribution in [1.29, 1.82) is 0 Å². The minimum absolute atomic E-state index is 0.00896. The second kappa shape index (κ2) is 8.38. The lowest BCUT2D eigenvalue weighted by Crippen LogP contribution is -2.22. The van der Waals surface area contributed by atoms with E-state index < -0.39 is 0 Å². The third-order valence-electron chi connectivity index (χ3n) is 3.71. The minimum Gasteiger partial charge on any atom is -0.495 e. The molecule has 0 radical (unpaired) electrons. The van der Waals surface area contributed by atoms with Crippen molar-refractivity contribution in [3.63, 3.8) is 0 Å². The maximum Gasteiger partial charge on any atom is 0.243 e. The van der Waals surface area contributed by atoms with E-state index in [9.17, 15) is 4.79 Å². The van der Waals surface area contributed by atoms with Gasteiger partial charge in [-0.3, -0.25) is 4.79 Å². The minimum atomic E-state index is -0.270. The van der Waals surface area contributed by atoms with Gasteiger partial charge in [0.2, 0.25) is 5.91 Å². The third-order valence-corrected chi connectivity index (χ3v) is 4.26. The van der Waals surface area contributed by atoms with Crippen molar-refractivity contribution in [2.75, 3.05) is 37.5 Å². The zero-order valence-corrected chi connectivity index (χ0v) is 15.6. The average Bonchev–Trinajstić information content (AvgIpc) is 2.84. The van der Waals surface area contributed by atoms with Crippen molar-refractivity contribution in [3.05, 3.63) is 40.4 Å². The number of rotatable bonds is 5. The highest BCUT2D eigenvalue weighted by atomic mass is 35.5. The summed E-state index contributed by atoms with van der Waals surface area (Å²) in [4.78, 5) is 12.2. The molecule has 0 saturated carbocycles. The number of halogens is 2. The zero-order valence-electron chi connectivity index (χ0n) is 14.1. The molecule has 1 aliphatic rings. The van der Waals surface area contributed by atoms with E-state index in [4.69, 9.17) is 37.4 Å². The van der Waals surface area contributed by atoms with E-state index in [0.717, 1.165) is 6.42 Å². The van der Waals surface area contributed by atoms with E-state index >= 15 is 0 Å². The van der Waals surface area contributed by atoms with Gasteiger partial charge in [-0.2, -0.15) is 0 Å². The number of fused-ring (bicyclic) bond motifs is 1. The maximum absolute atomic E-state index is 12.2. The zero-order chi connectivity index (χ0) is 18.5. The highest BCUT2D eigenvalue weighted by molar-refractivity contribution is 6.33. The van der Waals surface area contributed by atoms with Crippen molar-refractivity contribution in [2.45, 2.75) is 6.42 Å². The summed E-state index contributed by atoms with van der Waals surface area (Å²) >= 11 is 12.2. The van der Waals surface area contributed by atoms with E-state index in [1.54, 1.807) is 30.3 Å². The number of anilines is 2. The Balaban J connectivity index is 1.66. The molecule has 0 aliphatic carbocycles. The molecule has 3 rings (SSSR count). The fourth-order valence-electron chi connectivity index (χ4n) is 2.47. The summed E-state index contributed by atoms with van der Waals surface area (Å²) in [5.41, 5.74) is 1.08. The third kappa shape index (κ3) is 4.45. The van der Waals surface area contributed by atoms with Gasteiger partial charge in [0.1, 0.15) is 5.75 Å². The van der Waals surface area contributed by atoms with Crippen molar-refractivity contribution >= 4 is 40.5 Å². The first-order valence-electron chi connectivity index (χ1n) is 8.03. The van der Waals surface area contributed by atoms with Crippen LogP contribution in [0, 0.1) is 0 Å². The molecule has 1 heterocycles. The van der Waals surface area contributed by atoms with Crippen LogP contribution in [-0.2, 0) is 4.79 Å². The second-order valence-corrected chi connectivity index (χ2v) is 6.42. The van der Waals surface area contributed by atoms with Crippen LogP contribution < -0.4 is 24.8 Å². The van der Waals surface area contributed by atoms with Gasteiger partial charge < -0.3 is 24.8 Å². The molecule has 1 aliphatic heterocycles. The van der Waals surface area contributed by atoms with Gasteiger partial charge in [-0.15, -0.1) is 0 Å². The normalized spacial score (nSPS) is 12.9. The predicted molar refractivity (Wildman–Crippen MR) is 102 cm³/mol. The molecule has 0 atom stereocenters. The maximum atomic E-state index is 12.2. The number of hydrogen-bond acceptors (Lipinski definition) is 5. The number of nitrogens with one attached hydrogen (secondary N) is 2. The van der Waals surface area contributed by atoms with Crippen LogP contribution >= 0.6 is 23.2 Å². The Bertz CT molecular complexity index is 814. The van der Waals surface area contributed by atoms with Gasteiger partial charge in [-0.25, -0.2) is 0 Å². The monoisotopic (exact) mass is 396 g/mol. The van der Waals surface area contributed by atoms with Gasteiger partial charge >= 0.3 is 0 Å². The van der Waals surface area contributed by atoms with Crippen LogP contribution in [0.15, 0.2) is 30.3 Å². The number of carbonyl (C=O) groups is 1. The molecular weight excluding hydrogens is 379 g/mol. The molecule has 26 heavy (non-hydrogen) atoms. The van der Waals surface area contributed by atoms with Crippen molar-refractivity contribution in [1.82, 2.24) is 0 Å². The van der Waals surface area contributed by atoms with Crippen LogP contribution in [0.5, 0.6) is 17.2 Å². The van der Waals surface area contributed by atoms with Gasteiger partial charge in [0.15, 0.2) is 11.5 Å². The topological polar surface area (TPSA) is 68.8 Å². The molecule has 0 aromatic heterocycles. The SMILES string of the molecule is COc1ccc(Cl)cc1NC(=O)CNc1cc2c(cc1Cl)OCCCO2. The summed E-state index contributed by atoms with van der Waals surface area (Å²) in [6.07, 6.45) is 0.804. The molecule has 6 nitrogen and oxygen atoms in total. The first kappa shape index (κ1) is 18.5. The average molecular weight is 397 g/mol. The second-order valence-electron chi connectivity index (χ2n) is 5.58. The predicted octanol–water partition coefficient (Wildman–Crippen LogP) is 4.21. The molecule has 138 valence electrons. The highest BCUT2D eigenvalue weighted by Crippen LogP contribution is 2.37. The summed E-state index contributed by atoms with van der Waals surface area (Å²) < 4.78 is 16.4. The molecule has 2 aromatic carbocycles. The van der Waals surface area contributed by atoms with Crippen LogP contribution in [0.2, 0.25) is 10.0 Å². The summed E-state index contributed by atoms with van der Waals surface area (Å²) in [5, 5.41) is 6.70. The van der Waals surface area contributed by atoms with Gasteiger partial charge in [0, 0.05) is 23.6 Å². The number of ether oxygens (including phenoxy) is 3. The summed E-state index contributed by atoms with van der Waals surface area (Å²) in [6, 6.07) is 8.41.